The normalized spacial score (nSPS) is 15.2. The zero-order valence-electron chi connectivity index (χ0n) is 26.8. The molecule has 1 amide bonds. The lowest BCUT2D eigenvalue weighted by Crippen LogP contribution is -2.45. The van der Waals surface area contributed by atoms with Crippen molar-refractivity contribution in [2.75, 3.05) is 19.8 Å². The summed E-state index contributed by atoms with van der Waals surface area (Å²) in [5.74, 6) is 0.571. The number of hydrogen-bond acceptors (Lipinski definition) is 5. The van der Waals surface area contributed by atoms with Crippen LogP contribution >= 0.6 is 11.6 Å². The molecule has 0 radical (unpaired) electrons. The zero-order valence-corrected chi connectivity index (χ0v) is 28.5. The van der Waals surface area contributed by atoms with Crippen molar-refractivity contribution in [1.29, 1.82) is 0 Å². The first-order valence-corrected chi connectivity index (χ1v) is 18.8. The summed E-state index contributed by atoms with van der Waals surface area (Å²) >= 11 is 5.96. The first-order chi connectivity index (χ1) is 20.9. The van der Waals surface area contributed by atoms with Crippen molar-refractivity contribution in [3.63, 3.8) is 0 Å². The highest BCUT2D eigenvalue weighted by molar-refractivity contribution is 6.74. The molecule has 234 valence electrons. The van der Waals surface area contributed by atoms with Crippen molar-refractivity contribution in [2.24, 2.45) is 10.9 Å². The fourth-order valence-corrected chi connectivity index (χ4v) is 7.74. The highest BCUT2D eigenvalue weighted by Gasteiger charge is 2.43. The Balaban J connectivity index is 1.41. The van der Waals surface area contributed by atoms with Crippen LogP contribution in [0.1, 0.15) is 66.7 Å². The topological polar surface area (TPSA) is 77.0 Å². The second-order valence-electron chi connectivity index (χ2n) is 12.8. The van der Waals surface area contributed by atoms with E-state index in [1.54, 1.807) is 6.07 Å². The third kappa shape index (κ3) is 8.06. The molecule has 3 aromatic carbocycles. The second kappa shape index (κ2) is 14.7. The summed E-state index contributed by atoms with van der Waals surface area (Å²) in [5, 5.41) is 3.79. The van der Waals surface area contributed by atoms with Crippen LogP contribution in [0.4, 0.5) is 0 Å². The number of nitrogens with zero attached hydrogens (tertiary/aromatic N) is 1. The Morgan fingerprint density at radius 2 is 1.66 bits per heavy atom. The predicted octanol–water partition coefficient (Wildman–Crippen LogP) is 7.67. The molecule has 1 heterocycles. The number of carbonyl (C=O) groups excluding carboxylic acids is 2. The fourth-order valence-electron chi connectivity index (χ4n) is 5.20. The maximum Gasteiger partial charge on any atom is 0.248 e. The summed E-state index contributed by atoms with van der Waals surface area (Å²) in [6.45, 7) is 15.0. The Morgan fingerprint density at radius 3 is 2.36 bits per heavy atom. The maximum atomic E-state index is 13.9. The molecule has 44 heavy (non-hydrogen) atoms. The lowest BCUT2D eigenvalue weighted by molar-refractivity contribution is -0.122. The van der Waals surface area contributed by atoms with Crippen molar-refractivity contribution in [2.45, 2.75) is 71.1 Å². The standard InChI is InChI=1S/C36H45ClN2O4Si/c1-25(2)36(3,4)44(5,6)43-23-11-13-27-12-7-8-14-29(27)33(40)30-15-9-10-16-31(30)35-39-32(24-42-35)34(41)38-22-21-26-17-19-28(37)20-18-26/h7-10,12,14-20,25,32H,11,13,21-24H2,1-6H3,(H,38,41). The minimum atomic E-state index is -1.91. The number of ether oxygens (including phenoxy) is 1. The predicted molar refractivity (Wildman–Crippen MR) is 181 cm³/mol. The van der Waals surface area contributed by atoms with E-state index in [0.29, 0.717) is 53.1 Å². The Morgan fingerprint density at radius 1 is 1.00 bits per heavy atom. The van der Waals surface area contributed by atoms with Crippen molar-refractivity contribution in [3.8, 4) is 0 Å². The zero-order chi connectivity index (χ0) is 31.9. The van der Waals surface area contributed by atoms with E-state index < -0.39 is 14.4 Å². The molecule has 0 aliphatic carbocycles. The number of rotatable bonds is 14. The molecule has 0 aromatic heterocycles. The maximum absolute atomic E-state index is 13.9. The SMILES string of the molecule is CC(C)C(C)(C)[Si](C)(C)OCCCc1ccccc1C(=O)c1ccccc1C1=NC(C(=O)NCCc2ccc(Cl)cc2)CO1. The first kappa shape index (κ1) is 33.6. The van der Waals surface area contributed by atoms with Gasteiger partial charge in [0.2, 0.25) is 11.8 Å². The van der Waals surface area contributed by atoms with Gasteiger partial charge in [0.15, 0.2) is 20.1 Å². The van der Waals surface area contributed by atoms with Crippen LogP contribution in [0.25, 0.3) is 0 Å². The number of ketones is 1. The molecule has 0 bridgehead atoms. The largest absolute Gasteiger partial charge is 0.475 e. The average Bonchev–Trinajstić information content (AvgIpc) is 3.50. The van der Waals surface area contributed by atoms with Crippen LogP contribution in [0.5, 0.6) is 0 Å². The molecule has 1 N–H and O–H groups in total. The Kier molecular flexibility index (Phi) is 11.2. The van der Waals surface area contributed by atoms with Gasteiger partial charge in [-0.2, -0.15) is 0 Å². The average molecular weight is 633 g/mol. The third-order valence-corrected chi connectivity index (χ3v) is 14.2. The molecule has 0 fully saturated rings. The summed E-state index contributed by atoms with van der Waals surface area (Å²) in [4.78, 5) is 31.3. The van der Waals surface area contributed by atoms with E-state index in [2.05, 4.69) is 51.1 Å². The number of amides is 1. The Bertz CT molecular complexity index is 1480. The van der Waals surface area contributed by atoms with Gasteiger partial charge in [0, 0.05) is 34.9 Å². The van der Waals surface area contributed by atoms with Crippen molar-refractivity contribution in [3.05, 3.63) is 106 Å². The molecule has 1 aliphatic rings. The van der Waals surface area contributed by atoms with Gasteiger partial charge in [0.25, 0.3) is 0 Å². The summed E-state index contributed by atoms with van der Waals surface area (Å²) in [5.41, 5.74) is 3.84. The van der Waals surface area contributed by atoms with Crippen LogP contribution in [-0.2, 0) is 26.8 Å². The van der Waals surface area contributed by atoms with E-state index in [9.17, 15) is 9.59 Å². The summed E-state index contributed by atoms with van der Waals surface area (Å²) in [7, 11) is -1.91. The van der Waals surface area contributed by atoms with Crippen LogP contribution in [0.15, 0.2) is 77.8 Å². The smallest absolute Gasteiger partial charge is 0.248 e. The van der Waals surface area contributed by atoms with E-state index in [1.807, 2.05) is 66.7 Å². The van der Waals surface area contributed by atoms with Crippen LogP contribution < -0.4 is 5.32 Å². The second-order valence-corrected chi connectivity index (χ2v) is 17.8. The molecular weight excluding hydrogens is 588 g/mol. The molecule has 3 aromatic rings. The van der Waals surface area contributed by atoms with Gasteiger partial charge in [-0.3, -0.25) is 9.59 Å². The van der Waals surface area contributed by atoms with E-state index in [0.717, 1.165) is 24.0 Å². The molecule has 8 heteroatoms. The fraction of sp³-hybridized carbons (Fsp3) is 0.417. The van der Waals surface area contributed by atoms with Crippen LogP contribution in [0.3, 0.4) is 0 Å². The molecule has 6 nitrogen and oxygen atoms in total. The lowest BCUT2D eigenvalue weighted by Gasteiger charge is -2.42. The van der Waals surface area contributed by atoms with E-state index in [4.69, 9.17) is 20.8 Å². The van der Waals surface area contributed by atoms with Gasteiger partial charge in [0.05, 0.1) is 0 Å². The Hall–Kier alpha value is -3.26. The minimum absolute atomic E-state index is 0.0880. The van der Waals surface area contributed by atoms with Gasteiger partial charge in [0.1, 0.15) is 6.61 Å². The highest BCUT2D eigenvalue weighted by Crippen LogP contribution is 2.44. The number of nitrogens with one attached hydrogen (secondary N) is 1. The monoisotopic (exact) mass is 632 g/mol. The van der Waals surface area contributed by atoms with Crippen molar-refractivity contribution in [1.82, 2.24) is 5.32 Å². The highest BCUT2D eigenvalue weighted by atomic mass is 35.5. The van der Waals surface area contributed by atoms with Gasteiger partial charge >= 0.3 is 0 Å². The first-order valence-electron chi connectivity index (χ1n) is 15.5. The Labute approximate surface area is 268 Å². The van der Waals surface area contributed by atoms with Gasteiger partial charge in [-0.15, -0.1) is 0 Å². The number of carbonyl (C=O) groups is 2. The molecular formula is C36H45ClN2O4Si. The molecule has 0 saturated heterocycles. The van der Waals surface area contributed by atoms with Gasteiger partial charge < -0.3 is 14.5 Å². The number of aryl methyl sites for hydroxylation is 1. The van der Waals surface area contributed by atoms with Crippen LogP contribution in [0, 0.1) is 5.92 Å². The summed E-state index contributed by atoms with van der Waals surface area (Å²) in [6, 6.07) is 22.0. The number of aliphatic imine (C=N–C) groups is 1. The van der Waals surface area contributed by atoms with Crippen molar-refractivity contribution < 1.29 is 18.8 Å². The van der Waals surface area contributed by atoms with Gasteiger partial charge in [-0.05, 0) is 72.6 Å². The van der Waals surface area contributed by atoms with Crippen LogP contribution in [-0.4, -0.2) is 51.7 Å². The summed E-state index contributed by atoms with van der Waals surface area (Å²) in [6.07, 6.45) is 2.26. The molecule has 1 atom stereocenters. The molecule has 1 aliphatic heterocycles. The third-order valence-electron chi connectivity index (χ3n) is 9.29. The van der Waals surface area contributed by atoms with Gasteiger partial charge in [-0.25, -0.2) is 4.99 Å². The lowest BCUT2D eigenvalue weighted by atomic mass is 9.93. The quantitative estimate of drug-likeness (QED) is 0.112. The van der Waals surface area contributed by atoms with E-state index >= 15 is 0 Å². The van der Waals surface area contributed by atoms with E-state index in [-0.39, 0.29) is 23.3 Å². The number of halogens is 1. The minimum Gasteiger partial charge on any atom is -0.475 e. The molecule has 0 spiro atoms. The summed E-state index contributed by atoms with van der Waals surface area (Å²) < 4.78 is 12.4. The van der Waals surface area contributed by atoms with Crippen molar-refractivity contribution >= 4 is 37.5 Å². The van der Waals surface area contributed by atoms with E-state index in [1.165, 1.54) is 0 Å². The van der Waals surface area contributed by atoms with Gasteiger partial charge in [-0.1, -0.05) is 93.9 Å². The molecule has 4 rings (SSSR count). The molecule has 1 unspecified atom stereocenters. The number of hydrogen-bond donors (Lipinski definition) is 1. The molecule has 0 saturated carbocycles. The number of benzene rings is 3. The van der Waals surface area contributed by atoms with Crippen LogP contribution in [0.2, 0.25) is 23.2 Å².